The van der Waals surface area contributed by atoms with E-state index in [1.165, 1.54) is 9.80 Å². The van der Waals surface area contributed by atoms with Crippen molar-refractivity contribution in [2.75, 3.05) is 13.1 Å². The smallest absolute Gasteiger partial charge is 0.261 e. The molecule has 196 valence electrons. The maximum atomic E-state index is 13.0. The number of unbranched alkanes of at least 4 members (excludes halogenated alkanes) is 6. The van der Waals surface area contributed by atoms with Gasteiger partial charge in [0, 0.05) is 46.1 Å². The van der Waals surface area contributed by atoms with E-state index < -0.39 is 0 Å². The van der Waals surface area contributed by atoms with Crippen LogP contribution in [0, 0.1) is 0 Å². The van der Waals surface area contributed by atoms with Crippen LogP contribution in [0.1, 0.15) is 86.4 Å². The molecule has 4 amide bonds. The van der Waals surface area contributed by atoms with Gasteiger partial charge in [0.05, 0.1) is 0 Å². The Morgan fingerprint density at radius 1 is 0.385 bits per heavy atom. The van der Waals surface area contributed by atoms with E-state index in [1.54, 1.807) is 24.3 Å². The lowest BCUT2D eigenvalue weighted by molar-refractivity contribution is 0.0593. The summed E-state index contributed by atoms with van der Waals surface area (Å²) in [5.74, 6) is -0.815. The van der Waals surface area contributed by atoms with Gasteiger partial charge in [0.1, 0.15) is 0 Å². The Morgan fingerprint density at radius 3 is 0.974 bits per heavy atom. The Morgan fingerprint density at radius 2 is 0.667 bits per heavy atom. The fourth-order valence-corrected chi connectivity index (χ4v) is 5.99. The zero-order chi connectivity index (χ0) is 26.9. The second kappa shape index (κ2) is 10.4. The summed E-state index contributed by atoms with van der Waals surface area (Å²) in [7, 11) is 0. The maximum absolute atomic E-state index is 13.0. The zero-order valence-corrected chi connectivity index (χ0v) is 21.8. The van der Waals surface area contributed by atoms with E-state index in [-0.39, 0.29) is 23.6 Å². The van der Waals surface area contributed by atoms with Crippen LogP contribution in [0.25, 0.3) is 21.5 Å². The van der Waals surface area contributed by atoms with Crippen LogP contribution in [0.5, 0.6) is 0 Å². The van der Waals surface area contributed by atoms with Crippen LogP contribution in [-0.2, 0) is 0 Å². The highest BCUT2D eigenvalue weighted by Crippen LogP contribution is 2.31. The van der Waals surface area contributed by atoms with Crippen LogP contribution < -0.4 is 0 Å². The van der Waals surface area contributed by atoms with Gasteiger partial charge in [-0.05, 0) is 47.9 Å². The van der Waals surface area contributed by atoms with Crippen molar-refractivity contribution in [2.24, 2.45) is 0 Å². The molecule has 0 fully saturated rings. The van der Waals surface area contributed by atoms with Crippen LogP contribution >= 0.6 is 0 Å². The summed E-state index contributed by atoms with van der Waals surface area (Å²) in [5.41, 5.74) is 2.42. The highest BCUT2D eigenvalue weighted by atomic mass is 16.2. The first-order valence-electron chi connectivity index (χ1n) is 13.8. The summed E-state index contributed by atoms with van der Waals surface area (Å²) in [6, 6.07) is 22.4. The Kier molecular flexibility index (Phi) is 6.69. The standard InChI is InChI=1S/C33H30N2O4/c36-30-24-16-8-12-22-13-9-17-25(28(22)24)31(37)34(30)20-6-4-2-1-3-5-7-21-35-32(38)26-18-10-14-23-15-11-19-27(29(23)26)33(35)39/h8-19H,1-7,20-21H2. The molecule has 0 saturated heterocycles. The molecule has 0 spiro atoms. The molecule has 0 atom stereocenters. The average molecular weight is 519 g/mol. The minimum Gasteiger partial charge on any atom is -0.274 e. The Balaban J connectivity index is 0.937. The van der Waals surface area contributed by atoms with Gasteiger partial charge in [-0.25, -0.2) is 0 Å². The first-order chi connectivity index (χ1) is 19.1. The van der Waals surface area contributed by atoms with Gasteiger partial charge in [0.2, 0.25) is 0 Å². The molecule has 4 aromatic carbocycles. The molecule has 0 bridgehead atoms. The first kappa shape index (κ1) is 25.0. The van der Waals surface area contributed by atoms with E-state index in [1.807, 2.05) is 48.5 Å². The quantitative estimate of drug-likeness (QED) is 0.175. The second-order valence-electron chi connectivity index (χ2n) is 10.4. The molecule has 2 heterocycles. The Bertz CT molecular complexity index is 1420. The highest BCUT2D eigenvalue weighted by Gasteiger charge is 2.33. The molecule has 6 nitrogen and oxygen atoms in total. The summed E-state index contributed by atoms with van der Waals surface area (Å²) in [6.07, 6.45) is 6.49. The molecule has 2 aliphatic rings. The molecule has 0 radical (unpaired) electrons. The predicted octanol–water partition coefficient (Wildman–Crippen LogP) is 6.62. The monoisotopic (exact) mass is 518 g/mol. The molecule has 2 aliphatic heterocycles. The Hall–Kier alpha value is -4.32. The zero-order valence-electron chi connectivity index (χ0n) is 21.8. The molecule has 0 aromatic heterocycles. The largest absolute Gasteiger partial charge is 0.274 e. The van der Waals surface area contributed by atoms with Crippen LogP contribution in [0.15, 0.2) is 72.8 Å². The predicted molar refractivity (Wildman–Crippen MR) is 151 cm³/mol. The number of hydrogen-bond donors (Lipinski definition) is 0. The number of rotatable bonds is 10. The van der Waals surface area contributed by atoms with Gasteiger partial charge in [0.15, 0.2) is 0 Å². The van der Waals surface area contributed by atoms with E-state index in [0.717, 1.165) is 66.5 Å². The second-order valence-corrected chi connectivity index (χ2v) is 10.4. The molecule has 39 heavy (non-hydrogen) atoms. The number of carbonyl (C=O) groups is 4. The highest BCUT2D eigenvalue weighted by molar-refractivity contribution is 6.26. The average Bonchev–Trinajstić information content (AvgIpc) is 2.96. The van der Waals surface area contributed by atoms with Crippen molar-refractivity contribution >= 4 is 45.2 Å². The summed E-state index contributed by atoms with van der Waals surface area (Å²) >= 11 is 0. The number of benzene rings is 4. The molecule has 6 heteroatoms. The number of nitrogens with zero attached hydrogens (tertiary/aromatic N) is 2. The third-order valence-electron chi connectivity index (χ3n) is 7.98. The van der Waals surface area contributed by atoms with Gasteiger partial charge in [-0.1, -0.05) is 80.6 Å². The summed E-state index contributed by atoms with van der Waals surface area (Å²) < 4.78 is 0. The molecule has 0 unspecified atom stereocenters. The van der Waals surface area contributed by atoms with Crippen molar-refractivity contribution in [1.82, 2.24) is 9.80 Å². The minimum atomic E-state index is -0.204. The van der Waals surface area contributed by atoms with Crippen molar-refractivity contribution in [3.8, 4) is 0 Å². The number of carbonyl (C=O) groups excluding carboxylic acids is 4. The van der Waals surface area contributed by atoms with Crippen LogP contribution in [0.3, 0.4) is 0 Å². The molecule has 0 saturated carbocycles. The topological polar surface area (TPSA) is 74.8 Å². The fraction of sp³-hybridized carbons (Fsp3) is 0.273. The molecule has 0 aliphatic carbocycles. The van der Waals surface area contributed by atoms with E-state index in [4.69, 9.17) is 0 Å². The molecular formula is C33H30N2O4. The van der Waals surface area contributed by atoms with Gasteiger partial charge in [-0.3, -0.25) is 29.0 Å². The molecular weight excluding hydrogens is 488 g/mol. The number of hydrogen-bond acceptors (Lipinski definition) is 4. The summed E-state index contributed by atoms with van der Waals surface area (Å²) in [5, 5.41) is 3.37. The van der Waals surface area contributed by atoms with Gasteiger partial charge in [-0.2, -0.15) is 0 Å². The Labute approximate surface area is 227 Å². The van der Waals surface area contributed by atoms with Crippen molar-refractivity contribution < 1.29 is 19.2 Å². The van der Waals surface area contributed by atoms with Crippen molar-refractivity contribution in [3.63, 3.8) is 0 Å². The maximum Gasteiger partial charge on any atom is 0.261 e. The lowest BCUT2D eigenvalue weighted by Crippen LogP contribution is -2.40. The summed E-state index contributed by atoms with van der Waals surface area (Å²) in [4.78, 5) is 54.8. The molecule has 4 aromatic rings. The van der Waals surface area contributed by atoms with E-state index in [2.05, 4.69) is 0 Å². The summed E-state index contributed by atoms with van der Waals surface area (Å²) in [6.45, 7) is 0.853. The van der Waals surface area contributed by atoms with Gasteiger partial charge in [0.25, 0.3) is 23.6 Å². The molecule has 0 N–H and O–H groups in total. The van der Waals surface area contributed by atoms with Crippen LogP contribution in [-0.4, -0.2) is 46.5 Å². The SMILES string of the molecule is O=C1c2cccc3cccc(c23)C(=O)N1CCCCCCCCCN1C(=O)c2cccc3cccc(c23)C1=O. The first-order valence-corrected chi connectivity index (χ1v) is 13.8. The van der Waals surface area contributed by atoms with Crippen molar-refractivity contribution in [3.05, 3.63) is 95.1 Å². The van der Waals surface area contributed by atoms with Crippen LogP contribution in [0.4, 0.5) is 0 Å². The third kappa shape index (κ3) is 4.40. The fourth-order valence-electron chi connectivity index (χ4n) is 5.99. The van der Waals surface area contributed by atoms with Gasteiger partial charge in [-0.15, -0.1) is 0 Å². The lowest BCUT2D eigenvalue weighted by Gasteiger charge is -2.27. The van der Waals surface area contributed by atoms with Crippen molar-refractivity contribution in [1.29, 1.82) is 0 Å². The molecule has 6 rings (SSSR count). The van der Waals surface area contributed by atoms with E-state index >= 15 is 0 Å². The van der Waals surface area contributed by atoms with Gasteiger partial charge >= 0.3 is 0 Å². The third-order valence-corrected chi connectivity index (χ3v) is 7.98. The van der Waals surface area contributed by atoms with E-state index in [9.17, 15) is 19.2 Å². The van der Waals surface area contributed by atoms with E-state index in [0.29, 0.717) is 35.3 Å². The minimum absolute atomic E-state index is 0.204. The van der Waals surface area contributed by atoms with Gasteiger partial charge < -0.3 is 0 Å². The lowest BCUT2D eigenvalue weighted by atomic mass is 9.94. The normalized spacial score (nSPS) is 14.7. The number of amides is 4. The number of imide groups is 2. The van der Waals surface area contributed by atoms with Crippen LogP contribution in [0.2, 0.25) is 0 Å². The van der Waals surface area contributed by atoms with Crippen molar-refractivity contribution in [2.45, 2.75) is 44.9 Å².